The van der Waals surface area contributed by atoms with Crippen molar-refractivity contribution in [2.45, 2.75) is 64.3 Å². The molecule has 0 spiro atoms. The number of amides is 2. The number of piperidine rings is 1. The van der Waals surface area contributed by atoms with Crippen molar-refractivity contribution < 1.29 is 17.7 Å². The van der Waals surface area contributed by atoms with Crippen LogP contribution in [-0.2, 0) is 42.9 Å². The third-order valence-electron chi connectivity index (χ3n) is 7.60. The zero-order valence-corrected chi connectivity index (χ0v) is 21.2. The Morgan fingerprint density at radius 1 is 1.20 bits per heavy atom. The summed E-state index contributed by atoms with van der Waals surface area (Å²) in [5.74, 6) is 0. The number of likely N-dealkylation sites (N-methyl/N-ethyl adjacent to an activating group) is 1. The number of aryl methyl sites for hydroxylation is 3. The number of hydrogen-bond donors (Lipinski definition) is 2. The molecule has 1 fully saturated rings. The van der Waals surface area contributed by atoms with E-state index in [4.69, 9.17) is 0 Å². The van der Waals surface area contributed by atoms with Crippen LogP contribution in [0.2, 0.25) is 0 Å². The number of likely N-dealkylation sites (tertiary alicyclic amines) is 1. The van der Waals surface area contributed by atoms with Crippen molar-refractivity contribution in [2.75, 3.05) is 29.3 Å². The lowest BCUT2D eigenvalue weighted by Gasteiger charge is -2.39. The molecule has 2 atom stereocenters. The minimum atomic E-state index is -4.62. The van der Waals surface area contributed by atoms with Crippen LogP contribution in [0.5, 0.6) is 0 Å². The van der Waals surface area contributed by atoms with E-state index in [9.17, 15) is 18.4 Å². The van der Waals surface area contributed by atoms with Gasteiger partial charge in [0.25, 0.3) is 0 Å². The number of fused-ring (bicyclic) bond motifs is 2. The van der Waals surface area contributed by atoms with E-state index >= 15 is 0 Å². The van der Waals surface area contributed by atoms with Crippen molar-refractivity contribution in [3.8, 4) is 0 Å². The number of rotatable bonds is 6. The SMILES string of the molecule is CCN1CCCC(N(c2cnn(C)c2)S(=O)(=O)[NH+]([O-])C(=O)Nc2c3c(cc4c2CCC4)CCC3)C1. The molecule has 2 aliphatic carbocycles. The molecule has 2 amide bonds. The second kappa shape index (κ2) is 9.53. The van der Waals surface area contributed by atoms with Crippen molar-refractivity contribution in [2.24, 2.45) is 7.05 Å². The predicted molar refractivity (Wildman–Crippen MR) is 134 cm³/mol. The lowest BCUT2D eigenvalue weighted by Crippen LogP contribution is -3.14. The highest BCUT2D eigenvalue weighted by molar-refractivity contribution is 7.86. The van der Waals surface area contributed by atoms with Gasteiger partial charge in [-0.3, -0.25) is 10.00 Å². The van der Waals surface area contributed by atoms with Crippen molar-refractivity contribution in [1.82, 2.24) is 14.7 Å². The van der Waals surface area contributed by atoms with Crippen LogP contribution in [-0.4, -0.2) is 54.8 Å². The Morgan fingerprint density at radius 3 is 2.49 bits per heavy atom. The van der Waals surface area contributed by atoms with Crippen LogP contribution in [0.4, 0.5) is 16.2 Å². The van der Waals surface area contributed by atoms with Gasteiger partial charge in [0.05, 0.1) is 23.6 Å². The molecule has 3 aliphatic rings. The Labute approximate surface area is 206 Å². The number of hydrogen-bond acceptors (Lipinski definition) is 6. The van der Waals surface area contributed by atoms with Crippen molar-refractivity contribution in [1.29, 1.82) is 0 Å². The molecule has 0 saturated carbocycles. The number of aromatic nitrogens is 2. The quantitative estimate of drug-likeness (QED) is 0.579. The van der Waals surface area contributed by atoms with Gasteiger partial charge in [0.2, 0.25) is 0 Å². The molecule has 10 nitrogen and oxygen atoms in total. The molecule has 5 rings (SSSR count). The first kappa shape index (κ1) is 24.2. The number of quaternary nitrogens is 1. The molecule has 2 N–H and O–H groups in total. The zero-order valence-electron chi connectivity index (χ0n) is 20.4. The number of benzene rings is 1. The van der Waals surface area contributed by atoms with Gasteiger partial charge in [-0.05, 0) is 86.7 Å². The van der Waals surface area contributed by atoms with Gasteiger partial charge in [-0.15, -0.1) is 0 Å². The molecule has 11 heteroatoms. The molecule has 0 radical (unpaired) electrons. The second-order valence-electron chi connectivity index (χ2n) is 9.84. The molecular weight excluding hydrogens is 468 g/mol. The predicted octanol–water partition coefficient (Wildman–Crippen LogP) is 1.55. The van der Waals surface area contributed by atoms with Gasteiger partial charge in [0, 0.05) is 19.8 Å². The van der Waals surface area contributed by atoms with Gasteiger partial charge >= 0.3 is 16.2 Å². The standard InChI is InChI=1S/C24H34N6O4S/c1-3-28-12-6-9-19(16-28)29(20-14-25-27(2)15-20)35(33,34)30(32)24(31)26-23-21-10-4-7-17(21)13-18-8-5-11-22(18)23/h13-15,19,30H,3-12,16H2,1-2H3,(H,26,31). The zero-order chi connectivity index (χ0) is 24.7. The fourth-order valence-electron chi connectivity index (χ4n) is 5.92. The molecular formula is C24H34N6O4S. The summed E-state index contributed by atoms with van der Waals surface area (Å²) in [4.78, 5) is 15.4. The average Bonchev–Trinajstić information content (AvgIpc) is 3.59. The third kappa shape index (κ3) is 4.46. The molecule has 35 heavy (non-hydrogen) atoms. The minimum Gasteiger partial charge on any atom is -0.608 e. The lowest BCUT2D eigenvalue weighted by atomic mass is 9.99. The van der Waals surface area contributed by atoms with E-state index in [1.54, 1.807) is 13.2 Å². The Bertz CT molecular complexity index is 1190. The Balaban J connectivity index is 1.45. The second-order valence-corrected chi connectivity index (χ2v) is 11.6. The summed E-state index contributed by atoms with van der Waals surface area (Å²) in [6.07, 6.45) is 9.98. The molecule has 1 saturated heterocycles. The smallest absolute Gasteiger partial charge is 0.436 e. The molecule has 190 valence electrons. The Morgan fingerprint density at radius 2 is 1.89 bits per heavy atom. The van der Waals surface area contributed by atoms with Gasteiger partial charge in [0.15, 0.2) is 0 Å². The molecule has 2 heterocycles. The van der Waals surface area contributed by atoms with Crippen molar-refractivity contribution in [3.63, 3.8) is 0 Å². The highest BCUT2D eigenvalue weighted by atomic mass is 32.2. The van der Waals surface area contributed by atoms with Crippen molar-refractivity contribution >= 4 is 27.6 Å². The topological polar surface area (TPSA) is 115 Å². The Hall–Kier alpha value is -2.47. The summed E-state index contributed by atoms with van der Waals surface area (Å²) in [5, 5.41) is 20.2. The van der Waals surface area contributed by atoms with Crippen LogP contribution in [0.25, 0.3) is 0 Å². The summed E-state index contributed by atoms with van der Waals surface area (Å²) >= 11 is 0. The molecule has 1 aromatic heterocycles. The largest absolute Gasteiger partial charge is 0.608 e. The molecule has 0 bridgehead atoms. The lowest BCUT2D eigenvalue weighted by molar-refractivity contribution is -0.604. The molecule has 2 aromatic rings. The van der Waals surface area contributed by atoms with Gasteiger partial charge in [-0.1, -0.05) is 13.0 Å². The fraction of sp³-hybridized carbons (Fsp3) is 0.583. The van der Waals surface area contributed by atoms with Gasteiger partial charge in [-0.2, -0.15) is 18.0 Å². The first-order chi connectivity index (χ1) is 16.8. The first-order valence-corrected chi connectivity index (χ1v) is 14.0. The van der Waals surface area contributed by atoms with Gasteiger partial charge in [-0.25, -0.2) is 9.10 Å². The minimum absolute atomic E-state index is 0.304. The van der Waals surface area contributed by atoms with E-state index < -0.39 is 26.8 Å². The maximum atomic E-state index is 13.7. The van der Waals surface area contributed by atoms with E-state index in [2.05, 4.69) is 21.4 Å². The van der Waals surface area contributed by atoms with Crippen LogP contribution in [0.15, 0.2) is 18.5 Å². The molecule has 2 unspecified atom stereocenters. The van der Waals surface area contributed by atoms with Gasteiger partial charge in [0.1, 0.15) is 0 Å². The highest BCUT2D eigenvalue weighted by Gasteiger charge is 2.41. The number of anilines is 2. The van der Waals surface area contributed by atoms with E-state index in [-0.39, 0.29) is 0 Å². The van der Waals surface area contributed by atoms with Gasteiger partial charge < -0.3 is 10.1 Å². The summed E-state index contributed by atoms with van der Waals surface area (Å²) in [7, 11) is -2.92. The number of hydroxylamine groups is 1. The monoisotopic (exact) mass is 502 g/mol. The number of carbonyl (C=O) groups excluding carboxylic acids is 1. The normalized spacial score (nSPS) is 20.9. The third-order valence-corrected chi connectivity index (χ3v) is 9.28. The molecule has 1 aromatic carbocycles. The van der Waals surface area contributed by atoms with E-state index in [1.165, 1.54) is 22.0 Å². The average molecular weight is 503 g/mol. The van der Waals surface area contributed by atoms with Crippen LogP contribution in [0.3, 0.4) is 0 Å². The summed E-state index contributed by atoms with van der Waals surface area (Å²) in [6, 6.07) is 0.697. The first-order valence-electron chi connectivity index (χ1n) is 12.6. The van der Waals surface area contributed by atoms with E-state index in [0.717, 1.165) is 73.5 Å². The number of nitrogens with one attached hydrogen (secondary N) is 2. The fourth-order valence-corrected chi connectivity index (χ4v) is 7.32. The van der Waals surface area contributed by atoms with Crippen LogP contribution in [0, 0.1) is 5.21 Å². The number of nitrogens with zero attached hydrogens (tertiary/aromatic N) is 4. The molecule has 1 aliphatic heterocycles. The maximum absolute atomic E-state index is 13.7. The number of urea groups is 1. The number of carbonyl (C=O) groups is 1. The summed E-state index contributed by atoms with van der Waals surface area (Å²) in [6.45, 7) is 4.20. The summed E-state index contributed by atoms with van der Waals surface area (Å²) < 4.78 is 28.6. The van der Waals surface area contributed by atoms with Crippen LogP contribution >= 0.6 is 0 Å². The van der Waals surface area contributed by atoms with Crippen LogP contribution in [0.1, 0.15) is 54.9 Å². The summed E-state index contributed by atoms with van der Waals surface area (Å²) in [5.41, 5.74) is 5.49. The Kier molecular flexibility index (Phi) is 6.60. The highest BCUT2D eigenvalue weighted by Crippen LogP contribution is 2.38. The maximum Gasteiger partial charge on any atom is 0.436 e. The van der Waals surface area contributed by atoms with E-state index in [0.29, 0.717) is 24.3 Å². The van der Waals surface area contributed by atoms with Crippen LogP contribution < -0.4 is 14.1 Å². The van der Waals surface area contributed by atoms with Crippen molar-refractivity contribution in [3.05, 3.63) is 45.9 Å². The van der Waals surface area contributed by atoms with E-state index in [1.807, 2.05) is 6.92 Å².